The Bertz CT molecular complexity index is 240. The zero-order valence-corrected chi connectivity index (χ0v) is 10.9. The Hall–Kier alpha value is -0.770. The van der Waals surface area contributed by atoms with Gasteiger partial charge >= 0.3 is 0 Å². The predicted octanol–water partition coefficient (Wildman–Crippen LogP) is 1.46. The second-order valence-electron chi connectivity index (χ2n) is 4.95. The van der Waals surface area contributed by atoms with Crippen molar-refractivity contribution in [2.75, 3.05) is 19.7 Å². The summed E-state index contributed by atoms with van der Waals surface area (Å²) in [4.78, 5) is 6.64. The lowest BCUT2D eigenvalue weighted by Gasteiger charge is -2.39. The van der Waals surface area contributed by atoms with Gasteiger partial charge in [0.2, 0.25) is 0 Å². The van der Waals surface area contributed by atoms with E-state index >= 15 is 0 Å². The van der Waals surface area contributed by atoms with Gasteiger partial charge in [-0.15, -0.1) is 0 Å². The van der Waals surface area contributed by atoms with E-state index in [0.717, 1.165) is 26.1 Å². The van der Waals surface area contributed by atoms with Crippen LogP contribution in [0.3, 0.4) is 0 Å². The standard InChI is InChI=1S/C12H25N3O/c1-5-11-8-16-10(4)7-15(11)12(13)14-6-9(2)3/h9-11H,5-8H2,1-4H3,(H2,13,14). The van der Waals surface area contributed by atoms with E-state index in [0.29, 0.717) is 17.9 Å². The molecule has 0 aromatic rings. The van der Waals surface area contributed by atoms with Gasteiger partial charge in [-0.3, -0.25) is 4.99 Å². The van der Waals surface area contributed by atoms with Crippen molar-refractivity contribution in [1.29, 1.82) is 0 Å². The van der Waals surface area contributed by atoms with Gasteiger partial charge in [-0.05, 0) is 19.3 Å². The minimum Gasteiger partial charge on any atom is -0.375 e. The Morgan fingerprint density at radius 1 is 1.56 bits per heavy atom. The van der Waals surface area contributed by atoms with Crippen molar-refractivity contribution in [2.45, 2.75) is 46.3 Å². The number of hydrogen-bond donors (Lipinski definition) is 1. The van der Waals surface area contributed by atoms with Crippen molar-refractivity contribution >= 4 is 5.96 Å². The summed E-state index contributed by atoms with van der Waals surface area (Å²) in [6.45, 7) is 10.9. The summed E-state index contributed by atoms with van der Waals surface area (Å²) in [5.74, 6) is 1.23. The number of hydrogen-bond acceptors (Lipinski definition) is 2. The predicted molar refractivity (Wildman–Crippen MR) is 67.5 cm³/mol. The maximum atomic E-state index is 6.05. The molecule has 0 amide bonds. The molecule has 0 aromatic carbocycles. The van der Waals surface area contributed by atoms with Crippen LogP contribution in [-0.4, -0.2) is 42.7 Å². The van der Waals surface area contributed by atoms with E-state index in [4.69, 9.17) is 10.5 Å². The van der Waals surface area contributed by atoms with Gasteiger partial charge in [0, 0.05) is 13.1 Å². The average molecular weight is 227 g/mol. The van der Waals surface area contributed by atoms with E-state index in [2.05, 4.69) is 37.6 Å². The zero-order chi connectivity index (χ0) is 12.1. The fraction of sp³-hybridized carbons (Fsp3) is 0.917. The molecule has 4 nitrogen and oxygen atoms in total. The Morgan fingerprint density at radius 2 is 2.25 bits per heavy atom. The Labute approximate surface area is 98.9 Å². The lowest BCUT2D eigenvalue weighted by Crippen LogP contribution is -2.54. The Kier molecular flexibility index (Phi) is 5.06. The van der Waals surface area contributed by atoms with Gasteiger partial charge in [-0.1, -0.05) is 20.8 Å². The van der Waals surface area contributed by atoms with Crippen LogP contribution < -0.4 is 5.73 Å². The van der Waals surface area contributed by atoms with Gasteiger partial charge in [-0.25, -0.2) is 0 Å². The Morgan fingerprint density at radius 3 is 2.81 bits per heavy atom. The molecule has 0 spiro atoms. The third-order valence-electron chi connectivity index (χ3n) is 2.85. The van der Waals surface area contributed by atoms with Gasteiger partial charge in [0.25, 0.3) is 0 Å². The number of ether oxygens (including phenoxy) is 1. The number of morpholine rings is 1. The molecule has 1 fully saturated rings. The SMILES string of the molecule is CCC1COC(C)CN1C(N)=NCC(C)C. The molecular weight excluding hydrogens is 202 g/mol. The third kappa shape index (κ3) is 3.67. The van der Waals surface area contributed by atoms with Crippen LogP contribution in [0.25, 0.3) is 0 Å². The van der Waals surface area contributed by atoms with Crippen LogP contribution >= 0.6 is 0 Å². The van der Waals surface area contributed by atoms with Gasteiger partial charge in [0.15, 0.2) is 5.96 Å². The van der Waals surface area contributed by atoms with E-state index in [1.807, 2.05) is 0 Å². The maximum Gasteiger partial charge on any atom is 0.191 e. The third-order valence-corrected chi connectivity index (χ3v) is 2.85. The molecule has 1 aliphatic rings. The summed E-state index contributed by atoms with van der Waals surface area (Å²) in [6, 6.07) is 0.382. The molecule has 0 aliphatic carbocycles. The first kappa shape index (κ1) is 13.3. The number of nitrogens with zero attached hydrogens (tertiary/aromatic N) is 2. The van der Waals surface area contributed by atoms with E-state index in [9.17, 15) is 0 Å². The lowest BCUT2D eigenvalue weighted by molar-refractivity contribution is -0.0289. The molecule has 2 N–H and O–H groups in total. The van der Waals surface area contributed by atoms with Crippen LogP contribution in [0.4, 0.5) is 0 Å². The quantitative estimate of drug-likeness (QED) is 0.586. The minimum atomic E-state index is 0.246. The highest BCUT2D eigenvalue weighted by molar-refractivity contribution is 5.78. The summed E-state index contributed by atoms with van der Waals surface area (Å²) >= 11 is 0. The van der Waals surface area contributed by atoms with E-state index in [1.54, 1.807) is 0 Å². The van der Waals surface area contributed by atoms with E-state index < -0.39 is 0 Å². The molecule has 4 heteroatoms. The van der Waals surface area contributed by atoms with Crippen molar-refractivity contribution in [3.63, 3.8) is 0 Å². The topological polar surface area (TPSA) is 50.9 Å². The van der Waals surface area contributed by atoms with Crippen LogP contribution in [0.15, 0.2) is 4.99 Å². The molecule has 1 aliphatic heterocycles. The maximum absolute atomic E-state index is 6.05. The molecule has 0 bridgehead atoms. The van der Waals surface area contributed by atoms with Crippen LogP contribution in [0.5, 0.6) is 0 Å². The normalized spacial score (nSPS) is 27.6. The first-order valence-corrected chi connectivity index (χ1v) is 6.22. The monoisotopic (exact) mass is 227 g/mol. The van der Waals surface area contributed by atoms with Crippen LogP contribution in [0, 0.1) is 5.92 Å². The average Bonchev–Trinajstić information content (AvgIpc) is 2.25. The van der Waals surface area contributed by atoms with Gasteiger partial charge in [-0.2, -0.15) is 0 Å². The fourth-order valence-electron chi connectivity index (χ4n) is 1.83. The smallest absolute Gasteiger partial charge is 0.191 e. The Balaban J connectivity index is 2.62. The number of aliphatic imine (C=N–C) groups is 1. The fourth-order valence-corrected chi connectivity index (χ4v) is 1.83. The first-order valence-electron chi connectivity index (χ1n) is 6.22. The van der Waals surface area contributed by atoms with E-state index in [-0.39, 0.29) is 6.10 Å². The molecule has 1 saturated heterocycles. The van der Waals surface area contributed by atoms with Crippen molar-refractivity contribution in [3.8, 4) is 0 Å². The van der Waals surface area contributed by atoms with Gasteiger partial charge in [0.05, 0.1) is 18.8 Å². The van der Waals surface area contributed by atoms with Crippen LogP contribution in [0.1, 0.15) is 34.1 Å². The van der Waals surface area contributed by atoms with Crippen molar-refractivity contribution in [3.05, 3.63) is 0 Å². The molecule has 0 aromatic heterocycles. The summed E-state index contributed by atoms with van der Waals surface area (Å²) in [5, 5.41) is 0. The first-order chi connectivity index (χ1) is 7.54. The summed E-state index contributed by atoms with van der Waals surface area (Å²) in [5.41, 5.74) is 6.05. The highest BCUT2D eigenvalue weighted by atomic mass is 16.5. The second-order valence-corrected chi connectivity index (χ2v) is 4.95. The molecule has 1 rings (SSSR count). The van der Waals surface area contributed by atoms with E-state index in [1.165, 1.54) is 0 Å². The van der Waals surface area contributed by atoms with Crippen molar-refractivity contribution in [1.82, 2.24) is 4.90 Å². The van der Waals surface area contributed by atoms with Crippen LogP contribution in [-0.2, 0) is 4.74 Å². The molecule has 2 unspecified atom stereocenters. The van der Waals surface area contributed by atoms with Crippen LogP contribution in [0.2, 0.25) is 0 Å². The van der Waals surface area contributed by atoms with Gasteiger partial charge in [0.1, 0.15) is 0 Å². The number of nitrogens with two attached hydrogens (primary N) is 1. The molecule has 1 heterocycles. The lowest BCUT2D eigenvalue weighted by atomic mass is 10.1. The van der Waals surface area contributed by atoms with Gasteiger partial charge < -0.3 is 15.4 Å². The number of guanidine groups is 1. The molecule has 16 heavy (non-hydrogen) atoms. The zero-order valence-electron chi connectivity index (χ0n) is 10.9. The summed E-state index contributed by atoms with van der Waals surface area (Å²) in [7, 11) is 0. The largest absolute Gasteiger partial charge is 0.375 e. The number of rotatable bonds is 3. The summed E-state index contributed by atoms with van der Waals surface area (Å²) < 4.78 is 5.64. The molecule has 94 valence electrons. The minimum absolute atomic E-state index is 0.246. The molecule has 0 saturated carbocycles. The molecule has 0 radical (unpaired) electrons. The second kappa shape index (κ2) is 6.09. The van der Waals surface area contributed by atoms with Crippen molar-refractivity contribution < 1.29 is 4.74 Å². The highest BCUT2D eigenvalue weighted by Crippen LogP contribution is 2.14. The van der Waals surface area contributed by atoms with Crippen molar-refractivity contribution in [2.24, 2.45) is 16.6 Å². The highest BCUT2D eigenvalue weighted by Gasteiger charge is 2.26. The molecule has 2 atom stereocenters. The summed E-state index contributed by atoms with van der Waals surface area (Å²) in [6.07, 6.45) is 1.29. The molecular formula is C12H25N3O.